The first-order chi connectivity index (χ1) is 24.1. The summed E-state index contributed by atoms with van der Waals surface area (Å²) in [6, 6.07) is 9.68. The average molecular weight is 702 g/mol. The maximum atomic E-state index is 13.7. The van der Waals surface area contributed by atoms with Gasteiger partial charge in [-0.3, -0.25) is 19.2 Å². The maximum absolute atomic E-state index is 13.7. The summed E-state index contributed by atoms with van der Waals surface area (Å²) in [5.74, 6) is 0.0218. The standard InChI is InChI=1S/C37H47N7O5S/c1-23-20-31(49-4)25(3)24(2)27(23)21-41-37(38)40-16-8-13-28(33(46)35-39-17-19-50-35)42-34(47)29-14-15-30-36(48)43(22-32(45)44(29)30)18-9-12-26-10-6-5-7-11-26/h5-7,10-11,17,19-20,28-30H,8-9,12-16,18,21-22H2,1-4H3,(H,42,47)(H3,38,40,41)/t28-,29-,30-/m0/s1. The summed E-state index contributed by atoms with van der Waals surface area (Å²) in [7, 11) is 1.66. The highest BCUT2D eigenvalue weighted by atomic mass is 32.1. The van der Waals surface area contributed by atoms with E-state index in [0.29, 0.717) is 50.3 Å². The Morgan fingerprint density at radius 2 is 1.90 bits per heavy atom. The lowest BCUT2D eigenvalue weighted by Gasteiger charge is -2.38. The van der Waals surface area contributed by atoms with Gasteiger partial charge in [0.25, 0.3) is 0 Å². The minimum absolute atomic E-state index is 0.0543. The van der Waals surface area contributed by atoms with Crippen LogP contribution in [0.1, 0.15) is 69.7 Å². The van der Waals surface area contributed by atoms with Crippen molar-refractivity contribution in [2.75, 3.05) is 26.7 Å². The van der Waals surface area contributed by atoms with Crippen LogP contribution in [0.3, 0.4) is 0 Å². The zero-order valence-electron chi connectivity index (χ0n) is 29.2. The number of ether oxygens (including phenoxy) is 1. The van der Waals surface area contributed by atoms with Crippen molar-refractivity contribution in [3.8, 4) is 5.75 Å². The van der Waals surface area contributed by atoms with Crippen molar-refractivity contribution in [1.29, 1.82) is 0 Å². The van der Waals surface area contributed by atoms with Crippen molar-refractivity contribution < 1.29 is 23.9 Å². The van der Waals surface area contributed by atoms with E-state index < -0.39 is 24.0 Å². The molecule has 5 rings (SSSR count). The summed E-state index contributed by atoms with van der Waals surface area (Å²) in [5.41, 5.74) is 11.7. The Bertz CT molecular complexity index is 1710. The summed E-state index contributed by atoms with van der Waals surface area (Å²) >= 11 is 1.21. The maximum Gasteiger partial charge on any atom is 0.245 e. The topological polar surface area (TPSA) is 159 Å². The molecule has 2 fully saturated rings. The van der Waals surface area contributed by atoms with Gasteiger partial charge in [0, 0.05) is 24.7 Å². The van der Waals surface area contributed by atoms with E-state index in [0.717, 1.165) is 40.8 Å². The second-order valence-corrected chi connectivity index (χ2v) is 13.8. The number of nitrogens with zero attached hydrogens (tertiary/aromatic N) is 4. The smallest absolute Gasteiger partial charge is 0.245 e. The van der Waals surface area contributed by atoms with Crippen LogP contribution in [0, 0.1) is 20.8 Å². The van der Waals surface area contributed by atoms with Crippen LogP contribution in [0.25, 0.3) is 0 Å². The highest BCUT2D eigenvalue weighted by molar-refractivity contribution is 7.11. The number of aryl methyl sites for hydroxylation is 2. The number of methoxy groups -OCH3 is 1. The van der Waals surface area contributed by atoms with E-state index in [1.807, 2.05) is 57.2 Å². The van der Waals surface area contributed by atoms with Crippen LogP contribution >= 0.6 is 11.3 Å². The van der Waals surface area contributed by atoms with Gasteiger partial charge in [-0.2, -0.15) is 0 Å². The van der Waals surface area contributed by atoms with E-state index in [1.54, 1.807) is 23.6 Å². The number of aliphatic imine (C=N–C) groups is 1. The van der Waals surface area contributed by atoms with Crippen molar-refractivity contribution in [2.24, 2.45) is 10.7 Å². The molecule has 2 aliphatic rings. The number of piperazine rings is 1. The number of benzene rings is 2. The summed E-state index contributed by atoms with van der Waals surface area (Å²) in [4.78, 5) is 65.6. The molecule has 2 saturated heterocycles. The van der Waals surface area contributed by atoms with Crippen molar-refractivity contribution >= 4 is 40.8 Å². The number of aromatic nitrogens is 1. The molecule has 3 amide bonds. The molecule has 0 unspecified atom stereocenters. The molecule has 3 atom stereocenters. The normalized spacial score (nSPS) is 18.2. The molecule has 13 heteroatoms. The van der Waals surface area contributed by atoms with Crippen molar-refractivity contribution in [2.45, 2.75) is 84.0 Å². The molecule has 0 spiro atoms. The van der Waals surface area contributed by atoms with E-state index in [9.17, 15) is 19.2 Å². The summed E-state index contributed by atoms with van der Waals surface area (Å²) in [6.45, 7) is 7.34. The van der Waals surface area contributed by atoms with Crippen LogP contribution in [-0.2, 0) is 27.3 Å². The fourth-order valence-corrected chi connectivity index (χ4v) is 7.46. The molecule has 0 radical (unpaired) electrons. The fourth-order valence-electron chi connectivity index (χ4n) is 6.83. The highest BCUT2D eigenvalue weighted by Gasteiger charge is 2.49. The molecule has 0 aliphatic carbocycles. The molecule has 1 aromatic heterocycles. The molecular weight excluding hydrogens is 655 g/mol. The average Bonchev–Trinajstić information content (AvgIpc) is 3.82. The minimum Gasteiger partial charge on any atom is -0.496 e. The lowest BCUT2D eigenvalue weighted by Crippen LogP contribution is -2.62. The van der Waals surface area contributed by atoms with Crippen LogP contribution in [0.2, 0.25) is 0 Å². The number of ketones is 1. The van der Waals surface area contributed by atoms with Gasteiger partial charge in [0.15, 0.2) is 11.0 Å². The molecule has 2 aromatic carbocycles. The number of thiazole rings is 1. The number of Topliss-reactive ketones (excluding diaryl/α,β-unsaturated/α-hetero) is 1. The molecular formula is C37H47N7O5S. The minimum atomic E-state index is -0.856. The quantitative estimate of drug-likeness (QED) is 0.0941. The van der Waals surface area contributed by atoms with Crippen LogP contribution in [0.15, 0.2) is 53.0 Å². The zero-order chi connectivity index (χ0) is 35.8. The number of hydrogen-bond acceptors (Lipinski definition) is 8. The van der Waals surface area contributed by atoms with Gasteiger partial charge in [-0.25, -0.2) is 9.98 Å². The molecule has 12 nitrogen and oxygen atoms in total. The van der Waals surface area contributed by atoms with Gasteiger partial charge in [0.2, 0.25) is 23.5 Å². The molecule has 0 bridgehead atoms. The third kappa shape index (κ3) is 8.50. The lowest BCUT2D eigenvalue weighted by molar-refractivity contribution is -0.157. The van der Waals surface area contributed by atoms with Gasteiger partial charge in [-0.15, -0.1) is 11.3 Å². The summed E-state index contributed by atoms with van der Waals surface area (Å²) < 4.78 is 5.47. The monoisotopic (exact) mass is 701 g/mol. The Hall–Kier alpha value is -4.78. The number of amides is 3. The van der Waals surface area contributed by atoms with E-state index in [-0.39, 0.29) is 30.1 Å². The Morgan fingerprint density at radius 1 is 1.12 bits per heavy atom. The third-order valence-electron chi connectivity index (χ3n) is 9.72. The van der Waals surface area contributed by atoms with Crippen LogP contribution in [0.4, 0.5) is 0 Å². The summed E-state index contributed by atoms with van der Waals surface area (Å²) in [6.07, 6.45) is 4.68. The SMILES string of the molecule is COc1cc(C)c(CN=C(N)NCCC[C@H](NC(=O)[C@@H]2CC[C@H]3C(=O)N(CCCc4ccccc4)CC(=O)N23)C(=O)c2nccs2)c(C)c1C. The van der Waals surface area contributed by atoms with Gasteiger partial charge in [0.05, 0.1) is 26.2 Å². The van der Waals surface area contributed by atoms with Gasteiger partial charge in [-0.1, -0.05) is 30.3 Å². The van der Waals surface area contributed by atoms with Gasteiger partial charge in [0.1, 0.15) is 17.8 Å². The van der Waals surface area contributed by atoms with Crippen LogP contribution in [-0.4, -0.2) is 89.1 Å². The number of fused-ring (bicyclic) bond motifs is 1. The molecule has 4 N–H and O–H groups in total. The van der Waals surface area contributed by atoms with E-state index in [4.69, 9.17) is 10.5 Å². The fraction of sp³-hybridized carbons (Fsp3) is 0.459. The van der Waals surface area contributed by atoms with Gasteiger partial charge in [-0.05, 0) is 93.2 Å². The molecule has 2 aliphatic heterocycles. The number of hydrogen-bond donors (Lipinski definition) is 3. The number of carbonyl (C=O) groups is 4. The Balaban J connectivity index is 1.16. The number of rotatable bonds is 15. The second kappa shape index (κ2) is 16.8. The zero-order valence-corrected chi connectivity index (χ0v) is 30.1. The highest BCUT2D eigenvalue weighted by Crippen LogP contribution is 2.30. The number of nitrogens with one attached hydrogen (secondary N) is 2. The van der Waals surface area contributed by atoms with Crippen molar-refractivity contribution in [3.63, 3.8) is 0 Å². The van der Waals surface area contributed by atoms with E-state index in [1.165, 1.54) is 21.8 Å². The predicted molar refractivity (Wildman–Crippen MR) is 193 cm³/mol. The van der Waals surface area contributed by atoms with E-state index in [2.05, 4.69) is 20.6 Å². The first kappa shape index (κ1) is 36.5. The summed E-state index contributed by atoms with van der Waals surface area (Å²) in [5, 5.41) is 8.02. The molecule has 266 valence electrons. The molecule has 3 aromatic rings. The molecule has 0 saturated carbocycles. The first-order valence-corrected chi connectivity index (χ1v) is 18.0. The van der Waals surface area contributed by atoms with E-state index >= 15 is 0 Å². The Kier molecular flexibility index (Phi) is 12.2. The predicted octanol–water partition coefficient (Wildman–Crippen LogP) is 3.46. The molecule has 3 heterocycles. The first-order valence-electron chi connectivity index (χ1n) is 17.1. The van der Waals surface area contributed by atoms with Crippen LogP contribution < -0.4 is 21.1 Å². The third-order valence-corrected chi connectivity index (χ3v) is 10.5. The number of guanidine groups is 1. The number of carbonyl (C=O) groups excluding carboxylic acids is 4. The van der Waals surface area contributed by atoms with Crippen molar-refractivity contribution in [1.82, 2.24) is 25.4 Å². The van der Waals surface area contributed by atoms with Gasteiger partial charge >= 0.3 is 0 Å². The largest absolute Gasteiger partial charge is 0.496 e. The lowest BCUT2D eigenvalue weighted by atomic mass is 9.97. The Labute approximate surface area is 297 Å². The second-order valence-electron chi connectivity index (χ2n) is 12.9. The Morgan fingerprint density at radius 3 is 2.62 bits per heavy atom. The van der Waals surface area contributed by atoms with Crippen molar-refractivity contribution in [3.05, 3.63) is 80.8 Å². The number of nitrogens with two attached hydrogens (primary N) is 1. The molecule has 50 heavy (non-hydrogen) atoms. The van der Waals surface area contributed by atoms with Gasteiger partial charge < -0.3 is 30.9 Å². The van der Waals surface area contributed by atoms with Crippen LogP contribution in [0.5, 0.6) is 5.75 Å².